The molecule has 0 spiro atoms. The largest absolute Gasteiger partial charge is 0.393 e. The minimum Gasteiger partial charge on any atom is -0.356 e. The lowest BCUT2D eigenvalue weighted by Crippen LogP contribution is -2.57. The molecule has 2 fully saturated rings. The molecule has 2 saturated heterocycles. The molecule has 30 heavy (non-hydrogen) atoms. The van der Waals surface area contributed by atoms with Crippen LogP contribution in [0.4, 0.5) is 19.0 Å². The molecule has 2 N–H and O–H groups in total. The van der Waals surface area contributed by atoms with Gasteiger partial charge in [-0.2, -0.15) is 13.2 Å². The first-order chi connectivity index (χ1) is 14.3. The van der Waals surface area contributed by atoms with Crippen LogP contribution in [0, 0.1) is 11.8 Å². The molecule has 0 unspecified atom stereocenters. The first kappa shape index (κ1) is 21.8. The Kier molecular flexibility index (Phi) is 6.50. The molecule has 0 radical (unpaired) electrons. The van der Waals surface area contributed by atoms with E-state index in [2.05, 4.69) is 39.3 Å². The van der Waals surface area contributed by atoms with Gasteiger partial charge in [0.1, 0.15) is 17.0 Å². The molecule has 166 valence electrons. The van der Waals surface area contributed by atoms with Crippen molar-refractivity contribution in [2.45, 2.75) is 57.8 Å². The first-order valence-electron chi connectivity index (χ1n) is 10.8. The number of thiophene rings is 1. The highest BCUT2D eigenvalue weighted by Gasteiger charge is 2.32. The molecular weight excluding hydrogens is 411 g/mol. The SMILES string of the molecule is CC(C)[C@H](N[C@H]1CCCN(c2ncnc3sc(CC(F)(F)F)cc23)CC1)C1CNC1. The number of nitrogens with one attached hydrogen (secondary N) is 2. The second-order valence-corrected chi connectivity index (χ2v) is 10.0. The fraction of sp³-hybridized carbons (Fsp3) is 0.714. The van der Waals surface area contributed by atoms with E-state index >= 15 is 0 Å². The zero-order valence-electron chi connectivity index (χ0n) is 17.5. The van der Waals surface area contributed by atoms with E-state index < -0.39 is 12.6 Å². The van der Waals surface area contributed by atoms with Crippen molar-refractivity contribution in [2.75, 3.05) is 31.1 Å². The van der Waals surface area contributed by atoms with Crippen LogP contribution in [0.1, 0.15) is 38.0 Å². The predicted octanol–water partition coefficient (Wildman–Crippen LogP) is 3.99. The van der Waals surface area contributed by atoms with Crippen molar-refractivity contribution in [3.05, 3.63) is 17.3 Å². The number of fused-ring (bicyclic) bond motifs is 1. The van der Waals surface area contributed by atoms with E-state index in [1.807, 2.05) is 0 Å². The van der Waals surface area contributed by atoms with E-state index in [1.54, 1.807) is 6.07 Å². The van der Waals surface area contributed by atoms with Crippen molar-refractivity contribution in [3.63, 3.8) is 0 Å². The Bertz CT molecular complexity index is 849. The first-order valence-corrected chi connectivity index (χ1v) is 11.6. The van der Waals surface area contributed by atoms with Gasteiger partial charge in [0.05, 0.1) is 11.8 Å². The van der Waals surface area contributed by atoms with Crippen molar-refractivity contribution >= 4 is 27.4 Å². The number of hydrogen-bond donors (Lipinski definition) is 2. The van der Waals surface area contributed by atoms with E-state index in [4.69, 9.17) is 0 Å². The summed E-state index contributed by atoms with van der Waals surface area (Å²) in [6, 6.07) is 2.61. The van der Waals surface area contributed by atoms with Gasteiger partial charge in [-0.05, 0) is 37.2 Å². The average Bonchev–Trinajstić information content (AvgIpc) is 2.87. The molecule has 4 heterocycles. The van der Waals surface area contributed by atoms with E-state index in [9.17, 15) is 13.2 Å². The van der Waals surface area contributed by atoms with E-state index in [1.165, 1.54) is 6.33 Å². The summed E-state index contributed by atoms with van der Waals surface area (Å²) < 4.78 is 38.5. The second kappa shape index (κ2) is 8.96. The summed E-state index contributed by atoms with van der Waals surface area (Å²) in [4.78, 5) is 11.8. The average molecular weight is 442 g/mol. The zero-order chi connectivity index (χ0) is 21.3. The van der Waals surface area contributed by atoms with Gasteiger partial charge in [-0.3, -0.25) is 0 Å². The number of alkyl halides is 3. The number of anilines is 1. The summed E-state index contributed by atoms with van der Waals surface area (Å²) in [7, 11) is 0. The number of hydrogen-bond acceptors (Lipinski definition) is 6. The molecule has 0 amide bonds. The van der Waals surface area contributed by atoms with Crippen LogP contribution in [0.15, 0.2) is 12.4 Å². The quantitative estimate of drug-likeness (QED) is 0.710. The van der Waals surface area contributed by atoms with Gasteiger partial charge in [-0.15, -0.1) is 11.3 Å². The van der Waals surface area contributed by atoms with Crippen LogP contribution in [0.3, 0.4) is 0 Å². The fourth-order valence-electron chi connectivity index (χ4n) is 4.61. The molecule has 2 aromatic rings. The monoisotopic (exact) mass is 441 g/mol. The van der Waals surface area contributed by atoms with Crippen LogP contribution in [-0.2, 0) is 6.42 Å². The van der Waals surface area contributed by atoms with Crippen molar-refractivity contribution in [3.8, 4) is 0 Å². The molecular formula is C21H30F3N5S. The van der Waals surface area contributed by atoms with Crippen LogP contribution < -0.4 is 15.5 Å². The maximum Gasteiger partial charge on any atom is 0.393 e. The Morgan fingerprint density at radius 3 is 2.70 bits per heavy atom. The van der Waals surface area contributed by atoms with E-state index in [-0.39, 0.29) is 0 Å². The van der Waals surface area contributed by atoms with Crippen LogP contribution >= 0.6 is 11.3 Å². The maximum atomic E-state index is 12.8. The molecule has 0 saturated carbocycles. The number of aromatic nitrogens is 2. The minimum atomic E-state index is -4.21. The summed E-state index contributed by atoms with van der Waals surface area (Å²) in [5, 5.41) is 8.03. The smallest absolute Gasteiger partial charge is 0.356 e. The van der Waals surface area contributed by atoms with E-state index in [0.29, 0.717) is 33.6 Å². The van der Waals surface area contributed by atoms with Crippen LogP contribution in [-0.4, -0.2) is 54.4 Å². The number of rotatable bonds is 6. The highest BCUT2D eigenvalue weighted by molar-refractivity contribution is 7.18. The molecule has 9 heteroatoms. The van der Waals surface area contributed by atoms with Crippen LogP contribution in [0.5, 0.6) is 0 Å². The molecule has 2 aliphatic heterocycles. The maximum absolute atomic E-state index is 12.8. The third kappa shape index (κ3) is 5.06. The van der Waals surface area contributed by atoms with Gasteiger partial charge >= 0.3 is 6.18 Å². The van der Waals surface area contributed by atoms with Crippen molar-refractivity contribution in [2.24, 2.45) is 11.8 Å². The molecule has 2 aromatic heterocycles. The molecule has 2 atom stereocenters. The van der Waals surface area contributed by atoms with Crippen LogP contribution in [0.25, 0.3) is 10.2 Å². The highest BCUT2D eigenvalue weighted by Crippen LogP contribution is 2.34. The summed E-state index contributed by atoms with van der Waals surface area (Å²) in [5.41, 5.74) is 0. The Labute approximate surface area is 179 Å². The molecule has 0 aromatic carbocycles. The Morgan fingerprint density at radius 2 is 2.03 bits per heavy atom. The lowest BCUT2D eigenvalue weighted by Gasteiger charge is -2.39. The molecule has 2 aliphatic rings. The van der Waals surface area contributed by atoms with Gasteiger partial charge in [0.15, 0.2) is 0 Å². The fourth-order valence-corrected chi connectivity index (χ4v) is 5.64. The molecule has 4 rings (SSSR count). The van der Waals surface area contributed by atoms with Gasteiger partial charge in [0.25, 0.3) is 0 Å². The van der Waals surface area contributed by atoms with Gasteiger partial charge in [0.2, 0.25) is 0 Å². The van der Waals surface area contributed by atoms with Gasteiger partial charge in [-0.1, -0.05) is 13.8 Å². The van der Waals surface area contributed by atoms with Gasteiger partial charge in [0, 0.05) is 43.1 Å². The third-order valence-electron chi connectivity index (χ3n) is 6.23. The van der Waals surface area contributed by atoms with Gasteiger partial charge in [-0.25, -0.2) is 9.97 Å². The summed E-state index contributed by atoms with van der Waals surface area (Å²) in [6.07, 6.45) is -0.489. The zero-order valence-corrected chi connectivity index (χ0v) is 18.3. The topological polar surface area (TPSA) is 53.1 Å². The van der Waals surface area contributed by atoms with Crippen LogP contribution in [0.2, 0.25) is 0 Å². The van der Waals surface area contributed by atoms with Crippen molar-refractivity contribution in [1.82, 2.24) is 20.6 Å². The highest BCUT2D eigenvalue weighted by atomic mass is 32.1. The second-order valence-electron chi connectivity index (χ2n) is 8.89. The molecule has 0 aliphatic carbocycles. The number of halogens is 3. The lowest BCUT2D eigenvalue weighted by atomic mass is 9.85. The van der Waals surface area contributed by atoms with E-state index in [0.717, 1.165) is 68.0 Å². The number of nitrogens with zero attached hydrogens (tertiary/aromatic N) is 3. The van der Waals surface area contributed by atoms with Crippen molar-refractivity contribution < 1.29 is 13.2 Å². The summed E-state index contributed by atoms with van der Waals surface area (Å²) in [6.45, 7) is 8.46. The Balaban J connectivity index is 1.45. The lowest BCUT2D eigenvalue weighted by molar-refractivity contribution is -0.126. The summed E-state index contributed by atoms with van der Waals surface area (Å²) in [5.74, 6) is 2.06. The molecule has 5 nitrogen and oxygen atoms in total. The predicted molar refractivity (Wildman–Crippen MR) is 115 cm³/mol. The van der Waals surface area contributed by atoms with Gasteiger partial charge < -0.3 is 15.5 Å². The molecule has 0 bridgehead atoms. The summed E-state index contributed by atoms with van der Waals surface area (Å²) >= 11 is 1.12. The normalized spacial score (nSPS) is 22.3. The third-order valence-corrected chi connectivity index (χ3v) is 7.27. The Morgan fingerprint density at radius 1 is 1.23 bits per heavy atom. The van der Waals surface area contributed by atoms with Crippen molar-refractivity contribution in [1.29, 1.82) is 0 Å². The minimum absolute atomic E-state index is 0.294. The standard InChI is InChI=1S/C21H30F3N5S/c1-13(2)18(14-10-25-11-14)28-15-4-3-6-29(7-5-15)19-17-8-16(9-21(22,23)24)30-20(17)27-12-26-19/h8,12-15,18,25,28H,3-7,9-11H2,1-2H3/t15-,18-/m0/s1. The Hall–Kier alpha value is -1.45.